The molecule has 300 valence electrons. The number of anilines is 1. The predicted molar refractivity (Wildman–Crippen MR) is 209 cm³/mol. The summed E-state index contributed by atoms with van der Waals surface area (Å²) < 4.78 is 17.8. The molecule has 3 heterocycles. The molecular formula is C40H50N6O9S. The topological polar surface area (TPSA) is 198 Å². The molecule has 2 unspecified atom stereocenters. The van der Waals surface area contributed by atoms with Crippen LogP contribution in [0.15, 0.2) is 42.3 Å². The molecule has 4 N–H and O–H groups in total. The molecular weight excluding hydrogens is 741 g/mol. The molecule has 15 nitrogen and oxygen atoms in total. The molecule has 3 aliphatic rings. The molecule has 4 amide bonds. The molecule has 2 aliphatic carbocycles. The maximum atomic E-state index is 14.6. The van der Waals surface area contributed by atoms with E-state index in [1.54, 1.807) is 71.4 Å². The number of carboxylic acid groups (broad SMARTS) is 1. The summed E-state index contributed by atoms with van der Waals surface area (Å²) >= 11 is 1.26. The quantitative estimate of drug-likeness (QED) is 0.159. The van der Waals surface area contributed by atoms with Crippen LogP contribution in [-0.2, 0) is 23.9 Å². The minimum atomic E-state index is -1.53. The van der Waals surface area contributed by atoms with Gasteiger partial charge in [0, 0.05) is 41.2 Å². The molecule has 0 radical (unpaired) electrons. The maximum Gasteiger partial charge on any atom is 0.408 e. The van der Waals surface area contributed by atoms with E-state index in [4.69, 9.17) is 19.2 Å². The van der Waals surface area contributed by atoms with Crippen LogP contribution < -0.4 is 25.4 Å². The second-order valence-electron chi connectivity index (χ2n) is 16.1. The normalized spacial score (nSPS) is 22.7. The SMILES string of the molecule is C=CC1C[C@]1(NC(=O)C1C[C@@H](Oc2cc(-c3csc(NC(=O)C(C)C)n3)nc3cc(OC)ccc23)CN1C(=O)[C@@H](NC(=O)OC1CCCC1)C(C)(C)C)C(=O)O. The Hall–Kier alpha value is -5.25. The Bertz CT molecular complexity index is 2020. The van der Waals surface area contributed by atoms with Gasteiger partial charge in [-0.25, -0.2) is 19.6 Å². The molecule has 1 saturated heterocycles. The molecule has 3 fully saturated rings. The lowest BCUT2D eigenvalue weighted by Gasteiger charge is -2.35. The van der Waals surface area contributed by atoms with Gasteiger partial charge < -0.3 is 40.2 Å². The van der Waals surface area contributed by atoms with Gasteiger partial charge in [0.05, 0.1) is 24.9 Å². The first-order chi connectivity index (χ1) is 26.5. The molecule has 3 aromatic rings. The Labute approximate surface area is 329 Å². The molecule has 16 heteroatoms. The van der Waals surface area contributed by atoms with Crippen LogP contribution in [0.25, 0.3) is 22.3 Å². The third kappa shape index (κ3) is 8.59. The van der Waals surface area contributed by atoms with Gasteiger partial charge in [0.25, 0.3) is 0 Å². The second kappa shape index (κ2) is 16.1. The highest BCUT2D eigenvalue weighted by Gasteiger charge is 2.61. The highest BCUT2D eigenvalue weighted by molar-refractivity contribution is 7.14. The van der Waals surface area contributed by atoms with Crippen molar-refractivity contribution in [1.82, 2.24) is 25.5 Å². The van der Waals surface area contributed by atoms with Crippen molar-refractivity contribution in [2.45, 2.75) is 103 Å². The van der Waals surface area contributed by atoms with E-state index in [-0.39, 0.29) is 37.3 Å². The van der Waals surface area contributed by atoms with E-state index in [9.17, 15) is 29.1 Å². The first-order valence-corrected chi connectivity index (χ1v) is 19.8. The Morgan fingerprint density at radius 2 is 1.80 bits per heavy atom. The van der Waals surface area contributed by atoms with Crippen molar-refractivity contribution in [2.24, 2.45) is 17.3 Å². The van der Waals surface area contributed by atoms with Gasteiger partial charge in [0.2, 0.25) is 17.7 Å². The Morgan fingerprint density at radius 1 is 1.07 bits per heavy atom. The number of aromatic nitrogens is 2. The predicted octanol–water partition coefficient (Wildman–Crippen LogP) is 5.54. The van der Waals surface area contributed by atoms with Gasteiger partial charge in [-0.1, -0.05) is 40.7 Å². The molecule has 2 saturated carbocycles. The van der Waals surface area contributed by atoms with Gasteiger partial charge in [-0.05, 0) is 49.7 Å². The van der Waals surface area contributed by atoms with Gasteiger partial charge in [0.15, 0.2) is 5.13 Å². The Balaban J connectivity index is 1.32. The number of nitrogens with one attached hydrogen (secondary N) is 3. The van der Waals surface area contributed by atoms with Crippen LogP contribution in [0.5, 0.6) is 11.5 Å². The number of amides is 4. The number of carbonyl (C=O) groups excluding carboxylic acids is 4. The summed E-state index contributed by atoms with van der Waals surface area (Å²) in [6.45, 7) is 12.7. The van der Waals surface area contributed by atoms with Gasteiger partial charge in [-0.15, -0.1) is 17.9 Å². The van der Waals surface area contributed by atoms with Crippen LogP contribution in [-0.4, -0.2) is 93.2 Å². The monoisotopic (exact) mass is 790 g/mol. The molecule has 2 aromatic heterocycles. The van der Waals surface area contributed by atoms with E-state index >= 15 is 0 Å². The largest absolute Gasteiger partial charge is 0.497 e. The third-order valence-corrected chi connectivity index (χ3v) is 11.4. The lowest BCUT2D eigenvalue weighted by molar-refractivity contribution is -0.146. The first kappa shape index (κ1) is 40.4. The summed E-state index contributed by atoms with van der Waals surface area (Å²) in [4.78, 5) is 77.3. The number of ether oxygens (including phenoxy) is 3. The number of hydrogen-bond acceptors (Lipinski definition) is 11. The van der Waals surface area contributed by atoms with Gasteiger partial charge in [-0.2, -0.15) is 0 Å². The van der Waals surface area contributed by atoms with E-state index in [1.807, 2.05) is 0 Å². The number of carboxylic acids is 1. The number of alkyl carbamates (subject to hydrolysis) is 1. The van der Waals surface area contributed by atoms with Crippen LogP contribution in [0.1, 0.15) is 73.1 Å². The van der Waals surface area contributed by atoms with Crippen molar-refractivity contribution in [3.63, 3.8) is 0 Å². The van der Waals surface area contributed by atoms with Crippen molar-refractivity contribution in [3.05, 3.63) is 42.3 Å². The summed E-state index contributed by atoms with van der Waals surface area (Å²) in [5, 5.41) is 21.2. The van der Waals surface area contributed by atoms with E-state index < -0.39 is 58.9 Å². The highest BCUT2D eigenvalue weighted by Crippen LogP contribution is 2.45. The summed E-state index contributed by atoms with van der Waals surface area (Å²) in [6.07, 6.45) is 3.43. The van der Waals surface area contributed by atoms with Gasteiger partial charge in [0.1, 0.15) is 47.0 Å². The van der Waals surface area contributed by atoms with Crippen molar-refractivity contribution >= 4 is 57.2 Å². The minimum absolute atomic E-state index is 0.0206. The highest BCUT2D eigenvalue weighted by atomic mass is 32.1. The number of pyridine rings is 1. The number of rotatable bonds is 13. The van der Waals surface area contributed by atoms with Gasteiger partial charge >= 0.3 is 12.1 Å². The molecule has 1 aliphatic heterocycles. The molecule has 1 aromatic carbocycles. The van der Waals surface area contributed by atoms with Crippen LogP contribution in [0.3, 0.4) is 0 Å². The molecule has 56 heavy (non-hydrogen) atoms. The zero-order chi connectivity index (χ0) is 40.5. The van der Waals surface area contributed by atoms with E-state index in [0.29, 0.717) is 38.9 Å². The van der Waals surface area contributed by atoms with Gasteiger partial charge in [-0.3, -0.25) is 14.4 Å². The first-order valence-electron chi connectivity index (χ1n) is 18.9. The van der Waals surface area contributed by atoms with E-state index in [0.717, 1.165) is 25.7 Å². The van der Waals surface area contributed by atoms with Crippen molar-refractivity contribution in [2.75, 3.05) is 19.0 Å². The average molecular weight is 791 g/mol. The maximum absolute atomic E-state index is 14.6. The molecule has 0 bridgehead atoms. The van der Waals surface area contributed by atoms with Crippen molar-refractivity contribution < 1.29 is 43.3 Å². The number of thiazole rings is 1. The summed E-state index contributed by atoms with van der Waals surface area (Å²) in [5.74, 6) is -2.30. The zero-order valence-electron chi connectivity index (χ0n) is 32.5. The fourth-order valence-electron chi connectivity index (χ4n) is 7.23. The van der Waals surface area contributed by atoms with Crippen LogP contribution in [0.2, 0.25) is 0 Å². The lowest BCUT2D eigenvalue weighted by atomic mass is 9.85. The lowest BCUT2D eigenvalue weighted by Crippen LogP contribution is -2.59. The zero-order valence-corrected chi connectivity index (χ0v) is 33.4. The molecule has 6 rings (SSSR count). The summed E-state index contributed by atoms with van der Waals surface area (Å²) in [6, 6.07) is 4.81. The number of methoxy groups -OCH3 is 1. The molecule has 0 spiro atoms. The second-order valence-corrected chi connectivity index (χ2v) is 17.0. The molecule has 5 atom stereocenters. The number of hydrogen-bond donors (Lipinski definition) is 4. The smallest absolute Gasteiger partial charge is 0.408 e. The van der Waals surface area contributed by atoms with Crippen LogP contribution in [0.4, 0.5) is 9.93 Å². The fourth-order valence-corrected chi connectivity index (χ4v) is 7.93. The number of fused-ring (bicyclic) bond motifs is 1. The van der Waals surface area contributed by atoms with E-state index in [1.165, 1.54) is 22.3 Å². The number of benzene rings is 1. The standard InChI is InChI=1S/C40H50N6O9S/c1-8-22-18-40(22,36(50)51)45-34(48)30-16-25(19-46(30)35(49)32(39(4,5)6)43-38(52)55-23-11-9-10-12-23)54-31-17-28(41-27-15-24(53-7)13-14-26(27)31)29-20-56-37(42-29)44-33(47)21(2)3/h8,13-15,17,20-23,25,30,32H,1,9-12,16,18-19H2,2-7H3,(H,43,52)(H,45,48)(H,50,51)(H,42,44,47)/t22?,25-,30?,32-,40-/m1/s1. The Morgan fingerprint density at radius 3 is 2.43 bits per heavy atom. The number of nitrogens with zero attached hydrogens (tertiary/aromatic N) is 3. The van der Waals surface area contributed by atoms with Crippen LogP contribution in [0, 0.1) is 17.3 Å². The average Bonchev–Trinajstić information content (AvgIpc) is 3.56. The van der Waals surface area contributed by atoms with Crippen molar-refractivity contribution in [1.29, 1.82) is 0 Å². The fraction of sp³-hybridized carbons (Fsp3) is 0.525. The number of likely N-dealkylation sites (tertiary alicyclic amines) is 1. The number of carbonyl (C=O) groups is 5. The van der Waals surface area contributed by atoms with E-state index in [2.05, 4.69) is 27.5 Å². The van der Waals surface area contributed by atoms with Crippen molar-refractivity contribution in [3.8, 4) is 22.9 Å². The Kier molecular flexibility index (Phi) is 11.6. The van der Waals surface area contributed by atoms with Crippen LogP contribution >= 0.6 is 11.3 Å². The third-order valence-electron chi connectivity index (χ3n) is 10.6. The minimum Gasteiger partial charge on any atom is -0.497 e. The number of aliphatic carboxylic acids is 1. The summed E-state index contributed by atoms with van der Waals surface area (Å²) in [7, 11) is 1.55. The summed E-state index contributed by atoms with van der Waals surface area (Å²) in [5.41, 5.74) is -0.853.